The number of esters is 1. The maximum Gasteiger partial charge on any atom is 0.317 e. The van der Waals surface area contributed by atoms with E-state index in [1.165, 1.54) is 11.3 Å². The Hall–Kier alpha value is -2.18. The van der Waals surface area contributed by atoms with Gasteiger partial charge in [-0.1, -0.05) is 18.2 Å². The molecule has 23 heavy (non-hydrogen) atoms. The Morgan fingerprint density at radius 2 is 1.96 bits per heavy atom. The van der Waals surface area contributed by atoms with Crippen LogP contribution in [0.4, 0.5) is 0 Å². The molecule has 0 saturated carbocycles. The number of rotatable bonds is 6. The highest BCUT2D eigenvalue weighted by Gasteiger charge is 2.13. The van der Waals surface area contributed by atoms with Gasteiger partial charge in [0.05, 0.1) is 23.6 Å². The first-order valence-corrected chi connectivity index (χ1v) is 8.93. The minimum absolute atomic E-state index is 0.141. The van der Waals surface area contributed by atoms with Crippen LogP contribution in [-0.4, -0.2) is 17.6 Å². The van der Waals surface area contributed by atoms with Crippen molar-refractivity contribution < 1.29 is 14.3 Å². The summed E-state index contributed by atoms with van der Waals surface area (Å²) in [5.41, 5.74) is 0.720. The fraction of sp³-hybridized carbons (Fsp3) is 0.176. The number of benzene rings is 1. The molecule has 0 fully saturated rings. The first-order chi connectivity index (χ1) is 11.3. The van der Waals surface area contributed by atoms with E-state index in [4.69, 9.17) is 9.47 Å². The van der Waals surface area contributed by atoms with E-state index in [-0.39, 0.29) is 12.4 Å². The monoisotopic (exact) mass is 345 g/mol. The standard InChI is InChI=1S/C17H15NO3S2/c1-2-20-13-6-3-4-7-14(13)21-16(19)10-12-11-23-17(18-12)15-8-5-9-22-15/h3-9,11H,2,10H2,1H3. The maximum absolute atomic E-state index is 12.1. The summed E-state index contributed by atoms with van der Waals surface area (Å²) in [6.07, 6.45) is 0.141. The molecule has 118 valence electrons. The van der Waals surface area contributed by atoms with Crippen LogP contribution in [0.1, 0.15) is 12.6 Å². The smallest absolute Gasteiger partial charge is 0.317 e. The first kappa shape index (κ1) is 15.7. The van der Waals surface area contributed by atoms with E-state index in [1.54, 1.807) is 23.5 Å². The van der Waals surface area contributed by atoms with Crippen LogP contribution in [0.25, 0.3) is 9.88 Å². The lowest BCUT2D eigenvalue weighted by Crippen LogP contribution is -2.12. The Kier molecular flexibility index (Phi) is 5.05. The molecule has 2 heterocycles. The van der Waals surface area contributed by atoms with Crippen molar-refractivity contribution >= 4 is 28.6 Å². The highest BCUT2D eigenvalue weighted by molar-refractivity contribution is 7.20. The van der Waals surface area contributed by atoms with Crippen LogP contribution in [0.2, 0.25) is 0 Å². The van der Waals surface area contributed by atoms with Crippen molar-refractivity contribution in [3.8, 4) is 21.4 Å². The zero-order valence-electron chi connectivity index (χ0n) is 12.5. The van der Waals surface area contributed by atoms with Crippen LogP contribution < -0.4 is 9.47 Å². The highest BCUT2D eigenvalue weighted by atomic mass is 32.1. The van der Waals surface area contributed by atoms with E-state index in [1.807, 2.05) is 41.9 Å². The summed E-state index contributed by atoms with van der Waals surface area (Å²) in [6.45, 7) is 2.41. The second kappa shape index (κ2) is 7.39. The average molecular weight is 345 g/mol. The number of thiophene rings is 1. The van der Waals surface area contributed by atoms with Crippen LogP contribution in [0.3, 0.4) is 0 Å². The molecule has 4 nitrogen and oxygen atoms in total. The van der Waals surface area contributed by atoms with E-state index in [0.29, 0.717) is 18.1 Å². The molecule has 0 amide bonds. The lowest BCUT2D eigenvalue weighted by atomic mass is 10.3. The minimum Gasteiger partial charge on any atom is -0.490 e. The molecule has 0 atom stereocenters. The van der Waals surface area contributed by atoms with Crippen molar-refractivity contribution in [1.29, 1.82) is 0 Å². The third-order valence-electron chi connectivity index (χ3n) is 2.98. The number of para-hydroxylation sites is 2. The molecule has 0 spiro atoms. The van der Waals surface area contributed by atoms with Gasteiger partial charge in [0.25, 0.3) is 0 Å². The molecule has 0 aliphatic rings. The van der Waals surface area contributed by atoms with Gasteiger partial charge in [-0.25, -0.2) is 4.98 Å². The number of carbonyl (C=O) groups excluding carboxylic acids is 1. The van der Waals surface area contributed by atoms with Gasteiger partial charge in [-0.05, 0) is 30.5 Å². The maximum atomic E-state index is 12.1. The summed E-state index contributed by atoms with van der Waals surface area (Å²) in [6, 6.07) is 11.2. The number of aromatic nitrogens is 1. The normalized spacial score (nSPS) is 10.5. The summed E-state index contributed by atoms with van der Waals surface area (Å²) < 4.78 is 10.9. The molecular formula is C17H15NO3S2. The lowest BCUT2D eigenvalue weighted by Gasteiger charge is -2.09. The van der Waals surface area contributed by atoms with E-state index >= 15 is 0 Å². The SMILES string of the molecule is CCOc1ccccc1OC(=O)Cc1csc(-c2cccs2)n1. The van der Waals surface area contributed by atoms with Crippen molar-refractivity contribution in [2.24, 2.45) is 0 Å². The fourth-order valence-electron chi connectivity index (χ4n) is 2.02. The summed E-state index contributed by atoms with van der Waals surface area (Å²) in [4.78, 5) is 17.7. The molecule has 0 aliphatic carbocycles. The molecule has 6 heteroatoms. The van der Waals surface area contributed by atoms with E-state index in [2.05, 4.69) is 4.98 Å². The topological polar surface area (TPSA) is 48.4 Å². The molecule has 3 aromatic rings. The van der Waals surface area contributed by atoms with Crippen LogP contribution >= 0.6 is 22.7 Å². The quantitative estimate of drug-likeness (QED) is 0.490. The molecule has 0 aliphatic heterocycles. The fourth-order valence-corrected chi connectivity index (χ4v) is 3.65. The van der Waals surface area contributed by atoms with Crippen molar-refractivity contribution in [3.63, 3.8) is 0 Å². The highest BCUT2D eigenvalue weighted by Crippen LogP contribution is 2.29. The number of thiazole rings is 1. The molecule has 0 N–H and O–H groups in total. The van der Waals surface area contributed by atoms with Gasteiger partial charge < -0.3 is 9.47 Å². The van der Waals surface area contributed by atoms with Crippen LogP contribution in [0.15, 0.2) is 47.2 Å². The van der Waals surface area contributed by atoms with Gasteiger partial charge in [0.1, 0.15) is 5.01 Å². The number of carbonyl (C=O) groups is 1. The zero-order chi connectivity index (χ0) is 16.1. The predicted molar refractivity (Wildman–Crippen MR) is 92.4 cm³/mol. The van der Waals surface area contributed by atoms with Crippen molar-refractivity contribution in [1.82, 2.24) is 4.98 Å². The molecule has 0 bridgehead atoms. The van der Waals surface area contributed by atoms with Crippen molar-refractivity contribution in [2.75, 3.05) is 6.61 Å². The van der Waals surface area contributed by atoms with Gasteiger partial charge in [0, 0.05) is 5.38 Å². The van der Waals surface area contributed by atoms with Crippen LogP contribution in [0.5, 0.6) is 11.5 Å². The van der Waals surface area contributed by atoms with Gasteiger partial charge in [0.15, 0.2) is 11.5 Å². The molecular weight excluding hydrogens is 330 g/mol. The van der Waals surface area contributed by atoms with E-state index in [0.717, 1.165) is 15.6 Å². The summed E-state index contributed by atoms with van der Waals surface area (Å²) in [5.74, 6) is 0.661. The van der Waals surface area contributed by atoms with Crippen molar-refractivity contribution in [3.05, 3.63) is 52.9 Å². The second-order valence-corrected chi connectivity index (χ2v) is 6.46. The number of hydrogen-bond donors (Lipinski definition) is 0. The number of nitrogens with zero attached hydrogens (tertiary/aromatic N) is 1. The zero-order valence-corrected chi connectivity index (χ0v) is 14.2. The second-order valence-electron chi connectivity index (χ2n) is 4.65. The Morgan fingerprint density at radius 1 is 1.13 bits per heavy atom. The van der Waals surface area contributed by atoms with Gasteiger partial charge in [-0.2, -0.15) is 0 Å². The molecule has 1 aromatic carbocycles. The lowest BCUT2D eigenvalue weighted by molar-refractivity contribution is -0.133. The average Bonchev–Trinajstić information content (AvgIpc) is 3.20. The molecule has 0 saturated heterocycles. The van der Waals surface area contributed by atoms with Gasteiger partial charge in [-0.3, -0.25) is 4.79 Å². The molecule has 0 radical (unpaired) electrons. The van der Waals surface area contributed by atoms with E-state index in [9.17, 15) is 4.79 Å². The summed E-state index contributed by atoms with van der Waals surface area (Å²) in [7, 11) is 0. The van der Waals surface area contributed by atoms with Crippen LogP contribution in [0, 0.1) is 0 Å². The molecule has 0 unspecified atom stereocenters. The predicted octanol–water partition coefficient (Wildman–Crippen LogP) is 4.42. The third kappa shape index (κ3) is 3.97. The van der Waals surface area contributed by atoms with Gasteiger partial charge >= 0.3 is 5.97 Å². The third-order valence-corrected chi connectivity index (χ3v) is 4.91. The Labute approximate surface area is 142 Å². The van der Waals surface area contributed by atoms with E-state index < -0.39 is 0 Å². The first-order valence-electron chi connectivity index (χ1n) is 7.17. The van der Waals surface area contributed by atoms with Crippen molar-refractivity contribution in [2.45, 2.75) is 13.3 Å². The Balaban J connectivity index is 1.66. The minimum atomic E-state index is -0.347. The summed E-state index contributed by atoms with van der Waals surface area (Å²) >= 11 is 3.17. The number of hydrogen-bond acceptors (Lipinski definition) is 6. The van der Waals surface area contributed by atoms with Crippen LogP contribution in [-0.2, 0) is 11.2 Å². The Morgan fingerprint density at radius 3 is 2.70 bits per heavy atom. The molecule has 2 aromatic heterocycles. The summed E-state index contributed by atoms with van der Waals surface area (Å²) in [5, 5.41) is 4.83. The van der Waals surface area contributed by atoms with Gasteiger partial charge in [-0.15, -0.1) is 22.7 Å². The largest absolute Gasteiger partial charge is 0.490 e. The Bertz CT molecular complexity index is 781. The number of ether oxygens (including phenoxy) is 2. The van der Waals surface area contributed by atoms with Gasteiger partial charge in [0.2, 0.25) is 0 Å². The molecule has 3 rings (SSSR count).